The van der Waals surface area contributed by atoms with Crippen LogP contribution in [0.1, 0.15) is 39.0 Å². The van der Waals surface area contributed by atoms with E-state index >= 15 is 0 Å². The van der Waals surface area contributed by atoms with Gasteiger partial charge in [-0.3, -0.25) is 0 Å². The first kappa shape index (κ1) is 13.9. The van der Waals surface area contributed by atoms with Crippen LogP contribution < -0.4 is 0 Å². The van der Waals surface area contributed by atoms with E-state index in [1.54, 1.807) is 0 Å². The second-order valence-electron chi connectivity index (χ2n) is 4.71. The van der Waals surface area contributed by atoms with Gasteiger partial charge in [0.05, 0.1) is 26.4 Å². The normalized spacial score (nSPS) is 25.9. The largest absolute Gasteiger partial charge is 0.394 e. The molecule has 0 saturated heterocycles. The molecule has 0 atom stereocenters. The lowest BCUT2D eigenvalue weighted by Crippen LogP contribution is -2.19. The first-order chi connectivity index (χ1) is 7.86. The van der Waals surface area contributed by atoms with Gasteiger partial charge in [0, 0.05) is 6.61 Å². The minimum absolute atomic E-state index is 0.0982. The summed E-state index contributed by atoms with van der Waals surface area (Å²) < 4.78 is 10.7. The van der Waals surface area contributed by atoms with Crippen LogP contribution in [0.2, 0.25) is 0 Å². The number of aliphatic hydroxyl groups is 1. The Bertz CT molecular complexity index is 153. The van der Waals surface area contributed by atoms with Gasteiger partial charge in [-0.15, -0.1) is 0 Å². The highest BCUT2D eigenvalue weighted by Gasteiger charge is 2.19. The fourth-order valence-corrected chi connectivity index (χ4v) is 2.34. The summed E-state index contributed by atoms with van der Waals surface area (Å²) in [6, 6.07) is 0. The fraction of sp³-hybridized carbons (Fsp3) is 1.00. The van der Waals surface area contributed by atoms with Crippen LogP contribution in [0.4, 0.5) is 0 Å². The summed E-state index contributed by atoms with van der Waals surface area (Å²) in [5.74, 6) is 1.73. The van der Waals surface area contributed by atoms with E-state index < -0.39 is 0 Å². The number of ether oxygens (including phenoxy) is 2. The molecule has 0 bridgehead atoms. The van der Waals surface area contributed by atoms with Gasteiger partial charge in [-0.05, 0) is 24.7 Å². The second kappa shape index (κ2) is 8.97. The van der Waals surface area contributed by atoms with E-state index in [9.17, 15) is 0 Å². The molecule has 3 nitrogen and oxygen atoms in total. The van der Waals surface area contributed by atoms with Crippen LogP contribution in [-0.4, -0.2) is 38.1 Å². The Morgan fingerprint density at radius 3 is 2.19 bits per heavy atom. The molecule has 0 radical (unpaired) electrons. The van der Waals surface area contributed by atoms with Crippen molar-refractivity contribution in [3.05, 3.63) is 0 Å². The zero-order valence-electron chi connectivity index (χ0n) is 10.5. The maximum atomic E-state index is 8.51. The van der Waals surface area contributed by atoms with Gasteiger partial charge >= 0.3 is 0 Å². The van der Waals surface area contributed by atoms with Crippen molar-refractivity contribution >= 4 is 0 Å². The van der Waals surface area contributed by atoms with E-state index in [1.807, 2.05) is 0 Å². The van der Waals surface area contributed by atoms with E-state index in [0.717, 1.165) is 18.4 Å². The van der Waals surface area contributed by atoms with Gasteiger partial charge in [0.1, 0.15) is 0 Å². The van der Waals surface area contributed by atoms with E-state index in [-0.39, 0.29) is 6.61 Å². The van der Waals surface area contributed by atoms with E-state index in [1.165, 1.54) is 32.1 Å². The lowest BCUT2D eigenvalue weighted by Gasteiger charge is -2.27. The third kappa shape index (κ3) is 5.83. The summed E-state index contributed by atoms with van der Waals surface area (Å²) in [5, 5.41) is 8.51. The number of hydrogen-bond acceptors (Lipinski definition) is 3. The van der Waals surface area contributed by atoms with Crippen LogP contribution in [0.3, 0.4) is 0 Å². The first-order valence-electron chi connectivity index (χ1n) is 6.63. The van der Waals surface area contributed by atoms with E-state index in [2.05, 4.69) is 6.92 Å². The van der Waals surface area contributed by atoms with E-state index in [0.29, 0.717) is 19.8 Å². The molecule has 1 aliphatic carbocycles. The highest BCUT2D eigenvalue weighted by molar-refractivity contribution is 4.71. The van der Waals surface area contributed by atoms with Gasteiger partial charge in [0.15, 0.2) is 0 Å². The molecule has 0 aromatic heterocycles. The Labute approximate surface area is 99.1 Å². The van der Waals surface area contributed by atoms with Gasteiger partial charge in [0.25, 0.3) is 0 Å². The van der Waals surface area contributed by atoms with Gasteiger partial charge < -0.3 is 14.6 Å². The Balaban J connectivity index is 1.90. The smallest absolute Gasteiger partial charge is 0.0701 e. The molecule has 3 heteroatoms. The number of hydrogen-bond donors (Lipinski definition) is 1. The monoisotopic (exact) mass is 230 g/mol. The van der Waals surface area contributed by atoms with Crippen molar-refractivity contribution in [3.8, 4) is 0 Å². The van der Waals surface area contributed by atoms with Crippen LogP contribution in [-0.2, 0) is 9.47 Å². The zero-order valence-corrected chi connectivity index (χ0v) is 10.5. The highest BCUT2D eigenvalue weighted by atomic mass is 16.5. The molecule has 1 rings (SSSR count). The predicted molar refractivity (Wildman–Crippen MR) is 64.5 cm³/mol. The summed E-state index contributed by atoms with van der Waals surface area (Å²) in [4.78, 5) is 0. The molecule has 16 heavy (non-hydrogen) atoms. The molecule has 1 saturated carbocycles. The molecule has 1 aliphatic rings. The highest BCUT2D eigenvalue weighted by Crippen LogP contribution is 2.30. The van der Waals surface area contributed by atoms with Gasteiger partial charge in [-0.25, -0.2) is 0 Å². The van der Waals surface area contributed by atoms with Crippen molar-refractivity contribution in [2.45, 2.75) is 39.0 Å². The summed E-state index contributed by atoms with van der Waals surface area (Å²) in [5.41, 5.74) is 0. The fourth-order valence-electron chi connectivity index (χ4n) is 2.34. The maximum Gasteiger partial charge on any atom is 0.0701 e. The predicted octanol–water partition coefficient (Wildman–Crippen LogP) is 2.23. The SMILES string of the molecule is CCC1CCC(COCCOCCO)CC1. The molecule has 1 N–H and O–H groups in total. The Morgan fingerprint density at radius 2 is 1.56 bits per heavy atom. The molecule has 0 aliphatic heterocycles. The molecule has 0 unspecified atom stereocenters. The Hall–Kier alpha value is -0.120. The third-order valence-electron chi connectivity index (χ3n) is 3.50. The number of aliphatic hydroxyl groups excluding tert-OH is 1. The molecule has 1 fully saturated rings. The number of rotatable bonds is 8. The van der Waals surface area contributed by atoms with Gasteiger partial charge in [0.2, 0.25) is 0 Å². The van der Waals surface area contributed by atoms with Crippen molar-refractivity contribution in [1.82, 2.24) is 0 Å². The molecular formula is C13H26O3. The van der Waals surface area contributed by atoms with Crippen molar-refractivity contribution in [3.63, 3.8) is 0 Å². The molecule has 0 aromatic carbocycles. The Kier molecular flexibility index (Phi) is 7.81. The van der Waals surface area contributed by atoms with Crippen molar-refractivity contribution < 1.29 is 14.6 Å². The third-order valence-corrected chi connectivity index (χ3v) is 3.50. The van der Waals surface area contributed by atoms with Crippen molar-refractivity contribution in [2.24, 2.45) is 11.8 Å². The average Bonchev–Trinajstić information content (AvgIpc) is 2.34. The second-order valence-corrected chi connectivity index (χ2v) is 4.71. The minimum atomic E-state index is 0.0982. The quantitative estimate of drug-likeness (QED) is 0.650. The van der Waals surface area contributed by atoms with Crippen molar-refractivity contribution in [2.75, 3.05) is 33.0 Å². The summed E-state index contributed by atoms with van der Waals surface area (Å²) in [6.07, 6.45) is 6.76. The Morgan fingerprint density at radius 1 is 0.938 bits per heavy atom. The minimum Gasteiger partial charge on any atom is -0.394 e. The summed E-state index contributed by atoms with van der Waals surface area (Å²) in [7, 11) is 0. The first-order valence-corrected chi connectivity index (χ1v) is 6.63. The average molecular weight is 230 g/mol. The van der Waals surface area contributed by atoms with Gasteiger partial charge in [-0.2, -0.15) is 0 Å². The molecule has 0 spiro atoms. The van der Waals surface area contributed by atoms with Crippen LogP contribution in [0.5, 0.6) is 0 Å². The molecular weight excluding hydrogens is 204 g/mol. The molecule has 0 aromatic rings. The lowest BCUT2D eigenvalue weighted by molar-refractivity contribution is 0.0155. The summed E-state index contributed by atoms with van der Waals surface area (Å²) in [6.45, 7) is 4.96. The standard InChI is InChI=1S/C13H26O3/c1-2-12-3-5-13(6-4-12)11-16-10-9-15-8-7-14/h12-14H,2-11H2,1H3. The van der Waals surface area contributed by atoms with Crippen LogP contribution in [0.15, 0.2) is 0 Å². The van der Waals surface area contributed by atoms with Crippen LogP contribution in [0.25, 0.3) is 0 Å². The van der Waals surface area contributed by atoms with Crippen LogP contribution >= 0.6 is 0 Å². The topological polar surface area (TPSA) is 38.7 Å². The van der Waals surface area contributed by atoms with E-state index in [4.69, 9.17) is 14.6 Å². The maximum absolute atomic E-state index is 8.51. The summed E-state index contributed by atoms with van der Waals surface area (Å²) >= 11 is 0. The molecule has 0 amide bonds. The zero-order chi connectivity index (χ0) is 11.6. The van der Waals surface area contributed by atoms with Crippen molar-refractivity contribution in [1.29, 1.82) is 0 Å². The molecule has 0 heterocycles. The van der Waals surface area contributed by atoms with Crippen LogP contribution in [0, 0.1) is 11.8 Å². The van der Waals surface area contributed by atoms with Gasteiger partial charge in [-0.1, -0.05) is 26.2 Å². The molecule has 96 valence electrons. The lowest BCUT2D eigenvalue weighted by atomic mass is 9.81.